The lowest BCUT2D eigenvalue weighted by molar-refractivity contribution is -0.156. The maximum atomic E-state index is 14.4. The van der Waals surface area contributed by atoms with Crippen molar-refractivity contribution in [1.82, 2.24) is 0 Å². The summed E-state index contributed by atoms with van der Waals surface area (Å²) in [7, 11) is -3.32. The van der Waals surface area contributed by atoms with Crippen molar-refractivity contribution in [3.8, 4) is 17.2 Å². The Morgan fingerprint density at radius 2 is 0.970 bits per heavy atom. The van der Waals surface area contributed by atoms with Crippen LogP contribution in [0.1, 0.15) is 210 Å². The number of ether oxygens (including phenoxy) is 10. The van der Waals surface area contributed by atoms with Gasteiger partial charge in [0.05, 0.1) is 37.3 Å². The first kappa shape index (κ1) is 84.3. The second-order valence-corrected chi connectivity index (χ2v) is 41.8. The Labute approximate surface area is 600 Å². The number of benzene rings is 3. The average Bonchev–Trinajstić information content (AvgIpc) is 0.969. The van der Waals surface area contributed by atoms with Crippen molar-refractivity contribution in [1.29, 1.82) is 0 Å². The summed E-state index contributed by atoms with van der Waals surface area (Å²) in [4.78, 5) is 58.4. The molecule has 4 aliphatic heterocycles. The molecule has 2 fully saturated rings. The van der Waals surface area contributed by atoms with Gasteiger partial charge in [-0.15, -0.1) is 0 Å². The minimum atomic E-state index is -2.50. The fraction of sp³-hybridized carbons (Fsp3) is 0.620. The van der Waals surface area contributed by atoms with Crippen molar-refractivity contribution < 1.29 is 80.5 Å². The van der Waals surface area contributed by atoms with Crippen molar-refractivity contribution in [2.75, 3.05) is 30.0 Å². The molecule has 4 heterocycles. The van der Waals surface area contributed by atoms with Crippen LogP contribution in [0.15, 0.2) is 85.0 Å². The van der Waals surface area contributed by atoms with E-state index >= 15 is 0 Å². The number of methoxy groups -OCH3 is 1. The molecule has 21 heteroatoms. The predicted molar refractivity (Wildman–Crippen MR) is 403 cm³/mol. The zero-order chi connectivity index (χ0) is 74.3. The van der Waals surface area contributed by atoms with Crippen molar-refractivity contribution >= 4 is 64.3 Å². The Bertz CT molecular complexity index is 3400. The maximum absolute atomic E-state index is 14.4. The molecule has 19 nitrogen and oxygen atoms in total. The van der Waals surface area contributed by atoms with Gasteiger partial charge in [-0.3, -0.25) is 9.80 Å². The fourth-order valence-corrected chi connectivity index (χ4v) is 12.9. The molecule has 0 bridgehead atoms. The van der Waals surface area contributed by atoms with E-state index in [9.17, 15) is 24.3 Å². The largest absolute Gasteiger partial charge is 0.543 e. The molecule has 0 spiro atoms. The molecule has 0 saturated carbocycles. The minimum Gasteiger partial charge on any atom is -0.543 e. The van der Waals surface area contributed by atoms with Crippen molar-refractivity contribution in [2.24, 2.45) is 11.8 Å². The highest BCUT2D eigenvalue weighted by atomic mass is 28.4. The number of aliphatic hydroxyl groups excluding tert-OH is 1. The van der Waals surface area contributed by atoms with Crippen molar-refractivity contribution in [3.05, 3.63) is 113 Å². The number of carbonyl (C=O) groups excluding carboxylic acids is 4. The van der Waals surface area contributed by atoms with E-state index in [1.54, 1.807) is 36.3 Å². The summed E-state index contributed by atoms with van der Waals surface area (Å²) in [5, 5.41) is 10.7. The van der Waals surface area contributed by atoms with Gasteiger partial charge >= 0.3 is 24.1 Å². The Hall–Kier alpha value is -6.31. The number of aliphatic hydroxyl groups is 1. The Balaban J connectivity index is 0.000000363. The summed E-state index contributed by atoms with van der Waals surface area (Å²) >= 11 is 0. The molecule has 4 aliphatic rings. The van der Waals surface area contributed by atoms with Crippen LogP contribution < -0.4 is 23.4 Å². The van der Waals surface area contributed by atoms with Crippen molar-refractivity contribution in [3.63, 3.8) is 0 Å². The number of fused-ring (bicyclic) bond motifs is 4. The van der Waals surface area contributed by atoms with Gasteiger partial charge in [0, 0.05) is 37.1 Å². The lowest BCUT2D eigenvalue weighted by Gasteiger charge is -2.37. The summed E-state index contributed by atoms with van der Waals surface area (Å²) in [6, 6.07) is 14.9. The monoisotopic (exact) mass is 1430 g/mol. The van der Waals surface area contributed by atoms with Crippen LogP contribution in [-0.2, 0) is 49.2 Å². The highest BCUT2D eigenvalue weighted by molar-refractivity contribution is 6.75. The first-order valence-corrected chi connectivity index (χ1v) is 40.9. The number of amides is 2. The summed E-state index contributed by atoms with van der Waals surface area (Å²) in [6.45, 7) is 52.2. The van der Waals surface area contributed by atoms with Gasteiger partial charge in [0.1, 0.15) is 76.2 Å². The van der Waals surface area contributed by atoms with Gasteiger partial charge in [-0.05, 0) is 187 Å². The molecule has 0 radical (unpaired) electrons. The first-order valence-electron chi connectivity index (χ1n) is 35.1. The number of anilines is 2. The van der Waals surface area contributed by atoms with Gasteiger partial charge in [-0.1, -0.05) is 124 Å². The highest BCUT2D eigenvalue weighted by Crippen LogP contribution is 2.45. The Kier molecular flexibility index (Phi) is 28.2. The summed E-state index contributed by atoms with van der Waals surface area (Å²) in [6.07, 6.45) is 10.8. The number of hydrogen-bond donors (Lipinski definition) is 1. The number of hydrogen-bond acceptors (Lipinski definition) is 17. The van der Waals surface area contributed by atoms with Gasteiger partial charge in [-0.2, -0.15) is 0 Å². The van der Waals surface area contributed by atoms with Crippen LogP contribution in [0.5, 0.6) is 17.2 Å². The van der Waals surface area contributed by atoms with Gasteiger partial charge in [0.15, 0.2) is 11.6 Å². The smallest absolute Gasteiger partial charge is 0.414 e. The van der Waals surface area contributed by atoms with E-state index in [4.69, 9.17) is 56.2 Å². The second-order valence-electron chi connectivity index (χ2n) is 32.4. The zero-order valence-electron chi connectivity index (χ0n) is 64.4. The average molecular weight is 1430 g/mol. The molecule has 0 aromatic heterocycles. The normalized spacial score (nSPS) is 25.6. The Morgan fingerprint density at radius 3 is 1.35 bits per heavy atom. The maximum Gasteiger partial charge on any atom is 0.414 e. The topological polar surface area (TPSA) is 206 Å². The SMILES string of the molecule is C.CCN(C(=O)OC(C)(C)C)c1cc2c(c(O[Si](C)(C)C(C)(C)C)c1)C(=O)O[C@@H](C)[C@H](C)/C=C\C(O)[C@H]1OC(C)(C)O[C@H]1C/C=C/2.CCN(C(=O)OC(C)(C)C)c1cc2c(c(O[Si](C)(C)C(C)(C)C)c1)C(=O)O[C@@H](C)[C@H](C)/C=C\C(OCc1ccc(OC)cc1)[C@H]1OC(C)(C)O[C@H]1C/C=C/2. The molecule has 0 aliphatic carbocycles. The number of carbonyl (C=O) groups is 4. The standard InChI is InChI=1S/C43H63NO9Si.C35H55NO8Si.CH4/c1-15-44(40(46)52-41(4,5)6)32-25-31-17-16-18-35-38(51-43(10,11)50-35)34(48-27-30-20-22-33(47-12)23-21-30)24-19-28(2)29(3)49-39(45)37(31)36(26-32)53-54(13,14)42(7,8)9;1-14-36(32(39)43-33(4,5)6)25-20-24-16-15-17-27-30(42-35(10,11)41-27)26(37)19-18-22(2)23(3)40-31(38)29(24)28(21-25)44-45(12,13)34(7,8)9;/h16-17,19-26,28-29,34-35,38H,15,18,27H2,1-14H3;15-16,18-23,26-27,30,37H,14,17H2,1-13H3;1H4/b17-16+,24-19-;16-15+,19-18-;/t28-,29+,34?,35+,38-;22-,23+,26?,27+,30-;/m11./s1. The molecule has 2 amide bonds. The van der Waals surface area contributed by atoms with Crippen LogP contribution in [0.25, 0.3) is 12.2 Å². The van der Waals surface area contributed by atoms with E-state index in [2.05, 4.69) is 67.7 Å². The molecular weight excluding hydrogens is 1310 g/mol. The minimum absolute atomic E-state index is 0. The first-order chi connectivity index (χ1) is 45.6. The van der Waals surface area contributed by atoms with Gasteiger partial charge in [0.2, 0.25) is 0 Å². The third-order valence-corrected chi connectivity index (χ3v) is 27.5. The van der Waals surface area contributed by atoms with Crippen LogP contribution >= 0.6 is 0 Å². The van der Waals surface area contributed by atoms with Crippen LogP contribution in [-0.4, -0.2) is 138 Å². The Morgan fingerprint density at radius 1 is 0.580 bits per heavy atom. The van der Waals surface area contributed by atoms with E-state index < -0.39 is 106 Å². The molecule has 2 unspecified atom stereocenters. The van der Waals surface area contributed by atoms with Gasteiger partial charge in [0.25, 0.3) is 16.6 Å². The van der Waals surface area contributed by atoms with E-state index in [0.717, 1.165) is 11.3 Å². The quantitative estimate of drug-likeness (QED) is 0.0774. The molecule has 3 aromatic rings. The lowest BCUT2D eigenvalue weighted by Crippen LogP contribution is -2.44. The van der Waals surface area contributed by atoms with E-state index in [-0.39, 0.29) is 35.4 Å². The number of nitrogens with zero attached hydrogens (tertiary/aromatic N) is 2. The van der Waals surface area contributed by atoms with E-state index in [0.29, 0.717) is 77.7 Å². The zero-order valence-corrected chi connectivity index (χ0v) is 66.4. The third-order valence-electron chi connectivity index (χ3n) is 18.8. The molecule has 3 aromatic carbocycles. The van der Waals surface area contributed by atoms with Crippen LogP contribution in [0.4, 0.5) is 21.0 Å². The van der Waals surface area contributed by atoms with Crippen molar-refractivity contribution in [2.45, 2.75) is 287 Å². The van der Waals surface area contributed by atoms with Gasteiger partial charge < -0.3 is 61.3 Å². The van der Waals surface area contributed by atoms with Crippen LogP contribution in [0, 0.1) is 11.8 Å². The number of cyclic esters (lactones) is 2. The highest BCUT2D eigenvalue weighted by Gasteiger charge is 2.47. The van der Waals surface area contributed by atoms with E-state index in [1.165, 1.54) is 4.90 Å². The molecule has 7 rings (SSSR count). The molecule has 10 atom stereocenters. The third kappa shape index (κ3) is 22.6. The predicted octanol–water partition coefficient (Wildman–Crippen LogP) is 18.6. The molecule has 100 heavy (non-hydrogen) atoms. The fourth-order valence-electron chi connectivity index (χ4n) is 10.9. The molecule has 1 N–H and O–H groups in total. The summed E-state index contributed by atoms with van der Waals surface area (Å²) in [5.74, 6) is -1.62. The second kappa shape index (κ2) is 33.4. The molecule has 558 valence electrons. The van der Waals surface area contributed by atoms with Crippen LogP contribution in [0.2, 0.25) is 36.3 Å². The van der Waals surface area contributed by atoms with Gasteiger partial charge in [-0.25, -0.2) is 19.2 Å². The number of rotatable bonds is 12. The van der Waals surface area contributed by atoms with Crippen LogP contribution in [0.3, 0.4) is 0 Å². The lowest BCUT2D eigenvalue weighted by atomic mass is 9.98. The molecular formula is C79H122N2O17Si2. The molecule has 2 saturated heterocycles. The summed E-state index contributed by atoms with van der Waals surface area (Å²) < 4.78 is 74.7. The van der Waals surface area contributed by atoms with E-state index in [1.807, 2.05) is 184 Å². The summed E-state index contributed by atoms with van der Waals surface area (Å²) in [5.41, 5.74) is 2.38. The number of esters is 2.